The summed E-state index contributed by atoms with van der Waals surface area (Å²) in [5.74, 6) is -16.8. The highest BCUT2D eigenvalue weighted by molar-refractivity contribution is 6.32. The van der Waals surface area contributed by atoms with E-state index in [2.05, 4.69) is 67.0 Å². The minimum atomic E-state index is -2.55. The number of rotatable bonds is 28. The molecule has 46 heteroatoms. The molecule has 3 saturated heterocycles. The fourth-order valence-electron chi connectivity index (χ4n) is 16.5. The summed E-state index contributed by atoms with van der Waals surface area (Å²) < 4.78 is 57.5. The van der Waals surface area contributed by atoms with Crippen molar-refractivity contribution in [3.63, 3.8) is 0 Å². The second-order valence-corrected chi connectivity index (χ2v) is 35.2. The van der Waals surface area contributed by atoms with Crippen LogP contribution in [0.4, 0.5) is 0 Å². The van der Waals surface area contributed by atoms with Gasteiger partial charge in [0, 0.05) is 58.1 Å². The molecular formula is C92H110Cl2N12O32. The number of phenols is 4. The van der Waals surface area contributed by atoms with Gasteiger partial charge in [-0.1, -0.05) is 93.1 Å². The van der Waals surface area contributed by atoms with Crippen molar-refractivity contribution >= 4 is 76.4 Å². The van der Waals surface area contributed by atoms with E-state index < -0.39 is 288 Å². The molecule has 44 nitrogen and oxygen atoms in total. The van der Waals surface area contributed by atoms with Gasteiger partial charge in [-0.25, -0.2) is 0 Å². The van der Waals surface area contributed by atoms with Gasteiger partial charge in [-0.2, -0.15) is 0 Å². The maximum atomic E-state index is 16.9. The van der Waals surface area contributed by atoms with E-state index in [9.17, 15) is 85.9 Å². The molecule has 8 heterocycles. The van der Waals surface area contributed by atoms with Crippen LogP contribution in [0.15, 0.2) is 127 Å². The van der Waals surface area contributed by atoms with E-state index in [0.717, 1.165) is 123 Å². The second kappa shape index (κ2) is 46.1. The third kappa shape index (κ3) is 24.8. The van der Waals surface area contributed by atoms with Crippen LogP contribution in [0, 0.1) is 5.92 Å². The first-order valence-electron chi connectivity index (χ1n) is 44.4. The van der Waals surface area contributed by atoms with Gasteiger partial charge in [0.2, 0.25) is 71.5 Å². The Morgan fingerprint density at radius 1 is 0.507 bits per heavy atom. The molecule has 138 heavy (non-hydrogen) atoms. The van der Waals surface area contributed by atoms with Crippen molar-refractivity contribution in [2.24, 2.45) is 17.4 Å². The molecular weight excluding hydrogens is 1860 g/mol. The zero-order chi connectivity index (χ0) is 99.4. The van der Waals surface area contributed by atoms with Gasteiger partial charge in [0.25, 0.3) is 0 Å². The van der Waals surface area contributed by atoms with Crippen LogP contribution in [-0.2, 0) is 68.5 Å². The van der Waals surface area contributed by atoms with Crippen molar-refractivity contribution in [1.29, 1.82) is 0 Å². The minimum absolute atomic E-state index is 0.0156. The van der Waals surface area contributed by atoms with Gasteiger partial charge in [0.05, 0.1) is 29.9 Å². The fraction of sp³-hybridized carbons (Fsp3) is 0.446. The average molecular weight is 1970 g/mol. The number of hydrogen-bond acceptors (Lipinski definition) is 35. The smallest absolute Gasteiger partial charge is 0.248 e. The fourth-order valence-corrected chi connectivity index (χ4v) is 16.9. The number of benzene rings is 7. The lowest BCUT2D eigenvalue weighted by Gasteiger charge is -2.44. The number of ether oxygens (including phenoxy) is 9. The van der Waals surface area contributed by atoms with Crippen LogP contribution < -0.4 is 88.3 Å². The molecule has 0 aliphatic carbocycles. The summed E-state index contributed by atoms with van der Waals surface area (Å²) in [6.45, 7) is 2.27. The number of halogens is 2. The average Bonchev–Trinajstić information content (AvgIpc) is 0.801. The monoisotopic (exact) mass is 1960 g/mol. The predicted octanol–water partition coefficient (Wildman–Crippen LogP) is -0.381. The van der Waals surface area contributed by atoms with Gasteiger partial charge < -0.3 is 179 Å². The maximum absolute atomic E-state index is 16.9. The van der Waals surface area contributed by atoms with E-state index in [1.807, 2.05) is 0 Å². The molecule has 23 unspecified atom stereocenters. The highest BCUT2D eigenvalue weighted by atomic mass is 35.5. The molecule has 8 aliphatic heterocycles. The van der Waals surface area contributed by atoms with Gasteiger partial charge >= 0.3 is 0 Å². The van der Waals surface area contributed by atoms with Crippen molar-refractivity contribution < 1.29 is 157 Å². The molecule has 0 spiro atoms. The predicted molar refractivity (Wildman–Crippen MR) is 481 cm³/mol. The molecule has 7 aromatic carbocycles. The van der Waals surface area contributed by atoms with Crippen molar-refractivity contribution in [3.8, 4) is 69.0 Å². The van der Waals surface area contributed by atoms with Crippen molar-refractivity contribution in [1.82, 2.24) is 53.2 Å². The summed E-state index contributed by atoms with van der Waals surface area (Å²) in [4.78, 5) is 140. The molecule has 15 rings (SSSR count). The van der Waals surface area contributed by atoms with Crippen LogP contribution in [0.2, 0.25) is 10.0 Å². The Labute approximate surface area is 797 Å². The zero-order valence-electron chi connectivity index (χ0n) is 74.4. The number of hydrogen-bond donors (Lipinski definition) is 26. The molecule has 9 amide bonds. The number of amides is 9. The SMILES string of the molecule is CC(=O)NC1C(OC2c3ccc(c(Cl)c3)Oc3cc4cc(c3OC3OC(CO)C(O)C(O)C3NC(=O)CCCCCCC(C)C)Oc3ccc(cc3Cl)CC3NC(=O)C(N)c5ccc(O)c(c5)Oc5cc(O)cc(c5)C(NC3=O)C(=O)NC4C(=O)NC(c3ccc(O)cc3)C(=O)NC2C(=O)NC(C(=O)NCCNCCN)c2cc(O)cc(OC3OC(CO)C(O)C(O)C3O)c2)OC(CO)C(O)C1O. The van der Waals surface area contributed by atoms with Gasteiger partial charge in [-0.05, 0) is 136 Å². The van der Waals surface area contributed by atoms with Gasteiger partial charge in [0.1, 0.15) is 162 Å². The summed E-state index contributed by atoms with van der Waals surface area (Å²) in [6, 6.07) is 4.70. The number of phenolic OH excluding ortho intramolecular Hbond substituents is 4. The molecule has 23 atom stereocenters. The number of aromatic hydroxyl groups is 4. The first kappa shape index (κ1) is 103. The summed E-state index contributed by atoms with van der Waals surface area (Å²) in [5, 5.41) is 183. The second-order valence-electron chi connectivity index (χ2n) is 34.3. The number of nitrogens with one attached hydrogen (secondary N) is 10. The Morgan fingerprint density at radius 2 is 1.07 bits per heavy atom. The van der Waals surface area contributed by atoms with E-state index >= 15 is 28.8 Å². The van der Waals surface area contributed by atoms with Crippen LogP contribution >= 0.6 is 23.2 Å². The molecule has 744 valence electrons. The number of aliphatic hydroxyl groups is 10. The van der Waals surface area contributed by atoms with E-state index in [1.165, 1.54) is 30.3 Å². The molecule has 3 fully saturated rings. The quantitative estimate of drug-likeness (QED) is 0.0278. The number of carbonyl (C=O) groups is 9. The molecule has 0 saturated carbocycles. The first-order chi connectivity index (χ1) is 65.9. The van der Waals surface area contributed by atoms with Gasteiger partial charge in [-0.15, -0.1) is 0 Å². The molecule has 13 bridgehead atoms. The normalized spacial score (nSPS) is 27.4. The zero-order valence-corrected chi connectivity index (χ0v) is 75.9. The Morgan fingerprint density at radius 3 is 1.70 bits per heavy atom. The van der Waals surface area contributed by atoms with E-state index in [1.54, 1.807) is 0 Å². The van der Waals surface area contributed by atoms with E-state index in [-0.39, 0.29) is 82.7 Å². The molecule has 0 radical (unpaired) electrons. The first-order valence-corrected chi connectivity index (χ1v) is 45.1. The van der Waals surface area contributed by atoms with E-state index in [4.69, 9.17) is 77.3 Å². The van der Waals surface area contributed by atoms with Crippen LogP contribution in [0.1, 0.15) is 135 Å². The third-order valence-corrected chi connectivity index (χ3v) is 24.3. The van der Waals surface area contributed by atoms with Crippen LogP contribution in [-0.4, -0.2) is 275 Å². The summed E-state index contributed by atoms with van der Waals surface area (Å²) in [6.07, 6.45) is -24.8. The highest BCUT2D eigenvalue weighted by Crippen LogP contribution is 2.50. The number of nitrogens with two attached hydrogens (primary N) is 2. The van der Waals surface area contributed by atoms with Gasteiger partial charge in [-0.3, -0.25) is 43.2 Å². The highest BCUT2D eigenvalue weighted by Gasteiger charge is 2.52. The third-order valence-electron chi connectivity index (χ3n) is 23.8. The van der Waals surface area contributed by atoms with Crippen molar-refractivity contribution in [3.05, 3.63) is 176 Å². The lowest BCUT2D eigenvalue weighted by atomic mass is 9.95. The Hall–Kier alpha value is -12.1. The number of fused-ring (bicyclic) bond motifs is 15. The molecule has 28 N–H and O–H groups in total. The summed E-state index contributed by atoms with van der Waals surface area (Å²) in [5.41, 5.74) is 10.6. The summed E-state index contributed by atoms with van der Waals surface area (Å²) in [7, 11) is 0. The number of aliphatic hydroxyl groups excluding tert-OH is 10. The summed E-state index contributed by atoms with van der Waals surface area (Å²) >= 11 is 14.8. The number of carbonyl (C=O) groups excluding carboxylic acids is 9. The van der Waals surface area contributed by atoms with Crippen molar-refractivity contribution in [2.75, 3.05) is 46.0 Å². The lowest BCUT2D eigenvalue weighted by Crippen LogP contribution is -2.65. The molecule has 0 aromatic heterocycles. The maximum Gasteiger partial charge on any atom is 0.248 e. The van der Waals surface area contributed by atoms with Gasteiger partial charge in [0.15, 0.2) is 29.3 Å². The standard InChI is InChI=1S/C92H110Cl2N12O32/c1-39(2)8-6-4-5-7-9-65(115)101-72-78(120)75(117)63(37-108)135-91(72)138-82-60-32-47-33-61(82)133-58-19-14-44(30-54(58)94)81(137-90-71(99-40(3)110)77(119)74(116)62(36-107)134-90)73(89(129)104-68(85(125)98-23-22-97-21-20-95)45-26-50(113)35-52(29-45)131-92-80(122)79(121)76(118)64(38-109)136-92)106-86(126)67(42-11-15-48(111)16-12-42)103-88(128)70(47)105-87(127)69-46-27-49(112)34-51(28-46)130-59-31-43(13-17-56(59)114)66(96)84(124)100-55(83(123)102-69)25-41-10-18-57(132-60)53(93)24-41/h10-19,24,26-35,39,55,62-64,66-81,90-92,97,107-109,111-114,116-122H,4-9,20-23,25,36-38,95-96H2,1-3H3,(H,98,125)(H,99,110)(H,100,124)(H,101,115)(H,102,123)(H,103,128)(H,104,129)(H,105,127)(H,106,126). The Bertz CT molecular complexity index is 5560. The van der Waals surface area contributed by atoms with Crippen LogP contribution in [0.25, 0.3) is 0 Å². The van der Waals surface area contributed by atoms with Crippen LogP contribution in [0.5, 0.6) is 69.0 Å². The lowest BCUT2D eigenvalue weighted by molar-refractivity contribution is -0.284. The Balaban J connectivity index is 1.05. The van der Waals surface area contributed by atoms with Crippen LogP contribution in [0.3, 0.4) is 0 Å². The molecule has 8 aliphatic rings. The van der Waals surface area contributed by atoms with E-state index in [0.29, 0.717) is 18.8 Å². The largest absolute Gasteiger partial charge is 0.508 e. The Kier molecular flexibility index (Phi) is 34.5. The number of unbranched alkanes of at least 4 members (excludes halogenated alkanes) is 3. The minimum Gasteiger partial charge on any atom is -0.508 e. The molecule has 7 aromatic rings. The van der Waals surface area contributed by atoms with Crippen molar-refractivity contribution in [2.45, 2.75) is 206 Å². The topological polar surface area (TPSA) is 692 Å².